The quantitative estimate of drug-likeness (QED) is 0.523. The van der Waals surface area contributed by atoms with E-state index in [0.717, 1.165) is 11.6 Å². The summed E-state index contributed by atoms with van der Waals surface area (Å²) in [5.74, 6) is 0. The highest BCUT2D eigenvalue weighted by Gasteiger charge is 2.28. The van der Waals surface area contributed by atoms with Crippen LogP contribution in [-0.4, -0.2) is 25.9 Å². The predicted octanol–water partition coefficient (Wildman–Crippen LogP) is 5.46. The second-order valence-electron chi connectivity index (χ2n) is 7.17. The van der Waals surface area contributed by atoms with Crippen LogP contribution in [0.25, 0.3) is 0 Å². The zero-order valence-electron chi connectivity index (χ0n) is 14.2. The first kappa shape index (κ1) is 19.2. The summed E-state index contributed by atoms with van der Waals surface area (Å²) in [6, 6.07) is 6.04. The van der Waals surface area contributed by atoms with Gasteiger partial charge in [-0.1, -0.05) is 37.6 Å². The van der Waals surface area contributed by atoms with Crippen molar-refractivity contribution in [3.8, 4) is 0 Å². The average Bonchev–Trinajstić information content (AvgIpc) is 2.33. The summed E-state index contributed by atoms with van der Waals surface area (Å²) in [4.78, 5) is 4.43. The second kappa shape index (κ2) is 7.62. The van der Waals surface area contributed by atoms with E-state index in [4.69, 9.17) is 0 Å². The SMILES string of the molecule is CC(C)(C)SC(C)(C)NCC(C)(C)SSc1ccccn1. The van der Waals surface area contributed by atoms with Gasteiger partial charge in [0, 0.05) is 22.2 Å². The molecule has 5 heteroatoms. The Labute approximate surface area is 142 Å². The third-order valence-corrected chi connectivity index (χ3v) is 6.97. The molecule has 21 heavy (non-hydrogen) atoms. The van der Waals surface area contributed by atoms with Crippen LogP contribution in [0.15, 0.2) is 29.4 Å². The number of hydrogen-bond donors (Lipinski definition) is 1. The van der Waals surface area contributed by atoms with Crippen molar-refractivity contribution < 1.29 is 0 Å². The fraction of sp³-hybridized carbons (Fsp3) is 0.688. The van der Waals surface area contributed by atoms with Crippen LogP contribution in [0.3, 0.4) is 0 Å². The lowest BCUT2D eigenvalue weighted by atomic mass is 10.2. The van der Waals surface area contributed by atoms with Gasteiger partial charge in [0.25, 0.3) is 0 Å². The largest absolute Gasteiger partial charge is 0.302 e. The van der Waals surface area contributed by atoms with Gasteiger partial charge in [-0.2, -0.15) is 0 Å². The van der Waals surface area contributed by atoms with Gasteiger partial charge >= 0.3 is 0 Å². The summed E-state index contributed by atoms with van der Waals surface area (Å²) >= 11 is 1.97. The highest BCUT2D eigenvalue weighted by molar-refractivity contribution is 8.77. The van der Waals surface area contributed by atoms with Crippen LogP contribution in [0, 0.1) is 0 Å². The first-order valence-electron chi connectivity index (χ1n) is 7.21. The minimum atomic E-state index is 0.0751. The third-order valence-electron chi connectivity index (χ3n) is 2.49. The molecular formula is C16H28N2S3. The van der Waals surface area contributed by atoms with Crippen LogP contribution in [0.2, 0.25) is 0 Å². The highest BCUT2D eigenvalue weighted by atomic mass is 33.1. The van der Waals surface area contributed by atoms with E-state index in [0.29, 0.717) is 0 Å². The zero-order chi connectivity index (χ0) is 16.1. The zero-order valence-corrected chi connectivity index (χ0v) is 16.6. The number of rotatable bonds is 7. The maximum atomic E-state index is 4.36. The van der Waals surface area contributed by atoms with E-state index in [2.05, 4.69) is 64.8 Å². The summed E-state index contributed by atoms with van der Waals surface area (Å²) in [5.41, 5.74) is 0. The van der Waals surface area contributed by atoms with E-state index in [1.807, 2.05) is 40.9 Å². The van der Waals surface area contributed by atoms with Crippen molar-refractivity contribution in [1.82, 2.24) is 10.3 Å². The monoisotopic (exact) mass is 344 g/mol. The van der Waals surface area contributed by atoms with Gasteiger partial charge in [0.05, 0.1) is 4.87 Å². The van der Waals surface area contributed by atoms with E-state index in [9.17, 15) is 0 Å². The molecule has 0 aliphatic heterocycles. The highest BCUT2D eigenvalue weighted by Crippen LogP contribution is 2.40. The Hall–Kier alpha value is 0.160. The molecule has 0 amide bonds. The lowest BCUT2D eigenvalue weighted by molar-refractivity contribution is 0.495. The molecule has 0 bridgehead atoms. The van der Waals surface area contributed by atoms with Crippen molar-refractivity contribution >= 4 is 33.3 Å². The summed E-state index contributed by atoms with van der Waals surface area (Å²) < 4.78 is 0.411. The number of aromatic nitrogens is 1. The third kappa shape index (κ3) is 9.01. The number of thioether (sulfide) groups is 1. The molecule has 1 rings (SSSR count). The molecule has 1 aromatic rings. The van der Waals surface area contributed by atoms with Crippen molar-refractivity contribution in [1.29, 1.82) is 0 Å². The Bertz CT molecular complexity index is 425. The molecule has 0 fully saturated rings. The number of nitrogens with one attached hydrogen (secondary N) is 1. The van der Waals surface area contributed by atoms with Crippen molar-refractivity contribution in [2.45, 2.75) is 67.9 Å². The minimum Gasteiger partial charge on any atom is -0.302 e. The molecule has 1 heterocycles. The Kier molecular flexibility index (Phi) is 6.97. The van der Waals surface area contributed by atoms with Gasteiger partial charge in [-0.3, -0.25) is 0 Å². The van der Waals surface area contributed by atoms with Crippen LogP contribution in [-0.2, 0) is 0 Å². The summed E-state index contributed by atoms with van der Waals surface area (Å²) in [7, 11) is 3.62. The second-order valence-corrected chi connectivity index (χ2v) is 12.5. The van der Waals surface area contributed by atoms with E-state index < -0.39 is 0 Å². The Morgan fingerprint density at radius 1 is 1.05 bits per heavy atom. The van der Waals surface area contributed by atoms with Crippen LogP contribution < -0.4 is 5.32 Å². The first-order chi connectivity index (χ1) is 9.49. The molecule has 0 unspecified atom stereocenters. The van der Waals surface area contributed by atoms with Crippen LogP contribution in [0.5, 0.6) is 0 Å². The molecule has 0 spiro atoms. The minimum absolute atomic E-state index is 0.0751. The van der Waals surface area contributed by atoms with Gasteiger partial charge in [0.15, 0.2) is 0 Å². The van der Waals surface area contributed by atoms with Gasteiger partial charge in [-0.25, -0.2) is 4.98 Å². The van der Waals surface area contributed by atoms with Crippen molar-refractivity contribution in [3.05, 3.63) is 24.4 Å². The Morgan fingerprint density at radius 2 is 1.71 bits per heavy atom. The fourth-order valence-electron chi connectivity index (χ4n) is 1.81. The maximum absolute atomic E-state index is 4.36. The summed E-state index contributed by atoms with van der Waals surface area (Å²) in [6.07, 6.45) is 1.84. The number of hydrogen-bond acceptors (Lipinski definition) is 5. The number of pyridine rings is 1. The van der Waals surface area contributed by atoms with Gasteiger partial charge in [-0.15, -0.1) is 11.8 Å². The smallest absolute Gasteiger partial charge is 0.106 e. The van der Waals surface area contributed by atoms with Crippen molar-refractivity contribution in [2.24, 2.45) is 0 Å². The average molecular weight is 345 g/mol. The molecule has 0 aliphatic rings. The standard InChI is InChI=1S/C16H28N2S3/c1-14(2,3)20-16(6,7)18-12-15(4,5)21-19-13-10-8-9-11-17-13/h8-11,18H,12H2,1-7H3. The molecule has 120 valence electrons. The molecular weight excluding hydrogens is 316 g/mol. The topological polar surface area (TPSA) is 24.9 Å². The van der Waals surface area contributed by atoms with E-state index >= 15 is 0 Å². The lowest BCUT2D eigenvalue weighted by Gasteiger charge is -2.36. The van der Waals surface area contributed by atoms with E-state index in [1.54, 1.807) is 10.8 Å². The summed E-state index contributed by atoms with van der Waals surface area (Å²) in [5, 5.41) is 4.77. The van der Waals surface area contributed by atoms with Crippen LogP contribution in [0.1, 0.15) is 48.5 Å². The number of nitrogens with zero attached hydrogens (tertiary/aromatic N) is 1. The molecule has 0 radical (unpaired) electrons. The fourth-order valence-corrected chi connectivity index (χ4v) is 5.57. The molecule has 0 saturated heterocycles. The normalized spacial score (nSPS) is 13.5. The maximum Gasteiger partial charge on any atom is 0.106 e. The van der Waals surface area contributed by atoms with E-state index in [-0.39, 0.29) is 14.4 Å². The molecule has 0 atom stereocenters. The van der Waals surface area contributed by atoms with Crippen LogP contribution in [0.4, 0.5) is 0 Å². The molecule has 1 aromatic heterocycles. The molecule has 2 nitrogen and oxygen atoms in total. The van der Waals surface area contributed by atoms with Gasteiger partial charge in [0.2, 0.25) is 0 Å². The molecule has 1 N–H and O–H groups in total. The van der Waals surface area contributed by atoms with E-state index in [1.165, 1.54) is 0 Å². The molecule has 0 saturated carbocycles. The van der Waals surface area contributed by atoms with Gasteiger partial charge in [0.1, 0.15) is 5.03 Å². The summed E-state index contributed by atoms with van der Waals surface area (Å²) in [6.45, 7) is 16.8. The lowest BCUT2D eigenvalue weighted by Crippen LogP contribution is -2.45. The van der Waals surface area contributed by atoms with Crippen molar-refractivity contribution in [3.63, 3.8) is 0 Å². The van der Waals surface area contributed by atoms with Gasteiger partial charge in [-0.05, 0) is 50.6 Å². The van der Waals surface area contributed by atoms with Crippen LogP contribution >= 0.6 is 33.3 Å². The van der Waals surface area contributed by atoms with Crippen molar-refractivity contribution in [2.75, 3.05) is 6.54 Å². The Balaban J connectivity index is 2.45. The molecule has 0 aliphatic carbocycles. The Morgan fingerprint density at radius 3 is 2.24 bits per heavy atom. The predicted molar refractivity (Wildman–Crippen MR) is 101 cm³/mol. The van der Waals surface area contributed by atoms with Gasteiger partial charge < -0.3 is 5.32 Å². The molecule has 0 aromatic carbocycles. The first-order valence-corrected chi connectivity index (χ1v) is 10.2.